The van der Waals surface area contributed by atoms with Crippen molar-refractivity contribution in [2.75, 3.05) is 12.8 Å². The van der Waals surface area contributed by atoms with E-state index in [1.54, 1.807) is 20.0 Å². The standard InChI is InChI=1S/C14H24N2O2S/c1-6-7-12(4)16(5)19(17,18)14-11(3)9-8-10(2)13(14)15/h8-9,12H,6-7,15H2,1-5H3. The van der Waals surface area contributed by atoms with Crippen molar-refractivity contribution in [3.8, 4) is 0 Å². The van der Waals surface area contributed by atoms with Crippen LogP contribution in [-0.2, 0) is 10.0 Å². The number of hydrogen-bond acceptors (Lipinski definition) is 3. The number of anilines is 1. The highest BCUT2D eigenvalue weighted by atomic mass is 32.2. The summed E-state index contributed by atoms with van der Waals surface area (Å²) in [6.45, 7) is 7.57. The van der Waals surface area contributed by atoms with Crippen LogP contribution in [0.15, 0.2) is 17.0 Å². The molecule has 0 fully saturated rings. The first-order valence-corrected chi connectivity index (χ1v) is 8.01. The molecule has 0 saturated heterocycles. The number of hydrogen-bond donors (Lipinski definition) is 1. The molecule has 19 heavy (non-hydrogen) atoms. The van der Waals surface area contributed by atoms with Crippen LogP contribution < -0.4 is 5.73 Å². The van der Waals surface area contributed by atoms with E-state index in [1.165, 1.54) is 4.31 Å². The molecule has 0 aliphatic rings. The van der Waals surface area contributed by atoms with Gasteiger partial charge in [-0.05, 0) is 38.3 Å². The van der Waals surface area contributed by atoms with Gasteiger partial charge in [0.2, 0.25) is 10.0 Å². The topological polar surface area (TPSA) is 63.4 Å². The number of sulfonamides is 1. The van der Waals surface area contributed by atoms with Crippen LogP contribution in [0.1, 0.15) is 37.8 Å². The number of nitrogen functional groups attached to an aromatic ring is 1. The Hall–Kier alpha value is -1.07. The molecule has 1 atom stereocenters. The molecule has 0 aliphatic carbocycles. The van der Waals surface area contributed by atoms with Gasteiger partial charge in [0.15, 0.2) is 0 Å². The van der Waals surface area contributed by atoms with E-state index in [9.17, 15) is 8.42 Å². The van der Waals surface area contributed by atoms with Gasteiger partial charge < -0.3 is 5.73 Å². The Labute approximate surface area is 116 Å². The highest BCUT2D eigenvalue weighted by Gasteiger charge is 2.28. The van der Waals surface area contributed by atoms with Gasteiger partial charge >= 0.3 is 0 Å². The van der Waals surface area contributed by atoms with Gasteiger partial charge in [0, 0.05) is 13.1 Å². The lowest BCUT2D eigenvalue weighted by molar-refractivity contribution is 0.368. The third-order valence-electron chi connectivity index (χ3n) is 3.58. The summed E-state index contributed by atoms with van der Waals surface area (Å²) in [5.41, 5.74) is 7.82. The van der Waals surface area contributed by atoms with Gasteiger partial charge in [-0.2, -0.15) is 4.31 Å². The van der Waals surface area contributed by atoms with Crippen molar-refractivity contribution >= 4 is 15.7 Å². The molecular weight excluding hydrogens is 260 g/mol. The molecule has 0 spiro atoms. The zero-order valence-electron chi connectivity index (χ0n) is 12.4. The van der Waals surface area contributed by atoms with E-state index in [0.717, 1.165) is 18.4 Å². The molecule has 2 N–H and O–H groups in total. The second-order valence-electron chi connectivity index (χ2n) is 5.10. The van der Waals surface area contributed by atoms with Crippen molar-refractivity contribution in [3.63, 3.8) is 0 Å². The zero-order valence-corrected chi connectivity index (χ0v) is 13.2. The van der Waals surface area contributed by atoms with Gasteiger partial charge in [0.1, 0.15) is 4.90 Å². The first-order valence-electron chi connectivity index (χ1n) is 6.57. The maximum atomic E-state index is 12.7. The number of benzene rings is 1. The van der Waals surface area contributed by atoms with Gasteiger partial charge in [0.05, 0.1) is 5.69 Å². The molecule has 0 amide bonds. The summed E-state index contributed by atoms with van der Waals surface area (Å²) in [4.78, 5) is 0.248. The SMILES string of the molecule is CCCC(C)N(C)S(=O)(=O)c1c(C)ccc(C)c1N. The highest BCUT2D eigenvalue weighted by molar-refractivity contribution is 7.89. The molecule has 1 aromatic rings. The largest absolute Gasteiger partial charge is 0.397 e. The van der Waals surface area contributed by atoms with Crippen LogP contribution in [0, 0.1) is 13.8 Å². The van der Waals surface area contributed by atoms with E-state index in [4.69, 9.17) is 5.73 Å². The Kier molecular flexibility index (Phi) is 4.98. The van der Waals surface area contributed by atoms with E-state index >= 15 is 0 Å². The molecule has 1 unspecified atom stereocenters. The average molecular weight is 284 g/mol. The van der Waals surface area contributed by atoms with Crippen LogP contribution in [0.5, 0.6) is 0 Å². The molecule has 1 rings (SSSR count). The molecule has 5 heteroatoms. The minimum Gasteiger partial charge on any atom is -0.397 e. The second-order valence-corrected chi connectivity index (χ2v) is 7.04. The number of nitrogens with zero attached hydrogens (tertiary/aromatic N) is 1. The van der Waals surface area contributed by atoms with Crippen LogP contribution in [0.3, 0.4) is 0 Å². The lowest BCUT2D eigenvalue weighted by atomic mass is 10.1. The minimum absolute atomic E-state index is 0.0330. The molecule has 0 aliphatic heterocycles. The van der Waals surface area contributed by atoms with E-state index in [-0.39, 0.29) is 10.9 Å². The molecule has 0 bridgehead atoms. The normalized spacial score (nSPS) is 13.8. The monoisotopic (exact) mass is 284 g/mol. The summed E-state index contributed by atoms with van der Waals surface area (Å²) in [7, 11) is -1.91. The third kappa shape index (κ3) is 3.09. The Bertz CT molecular complexity index is 553. The lowest BCUT2D eigenvalue weighted by Gasteiger charge is -2.25. The Morgan fingerprint density at radius 1 is 1.26 bits per heavy atom. The molecule has 0 aromatic heterocycles. The van der Waals surface area contributed by atoms with Crippen molar-refractivity contribution in [1.29, 1.82) is 0 Å². The summed E-state index contributed by atoms with van der Waals surface area (Å²) in [5, 5.41) is 0. The van der Waals surface area contributed by atoms with Crippen molar-refractivity contribution in [2.24, 2.45) is 0 Å². The number of nitrogens with two attached hydrogens (primary N) is 1. The van der Waals surface area contributed by atoms with Crippen molar-refractivity contribution in [1.82, 2.24) is 4.31 Å². The molecule has 0 radical (unpaired) electrons. The molecule has 108 valence electrons. The third-order valence-corrected chi connectivity index (χ3v) is 5.75. The first-order chi connectivity index (χ1) is 8.73. The summed E-state index contributed by atoms with van der Waals surface area (Å²) < 4.78 is 26.8. The lowest BCUT2D eigenvalue weighted by Crippen LogP contribution is -2.35. The van der Waals surface area contributed by atoms with E-state index in [1.807, 2.05) is 26.8 Å². The van der Waals surface area contributed by atoms with Gasteiger partial charge in [0.25, 0.3) is 0 Å². The first kappa shape index (κ1) is 16.0. The molecular formula is C14H24N2O2S. The van der Waals surface area contributed by atoms with Gasteiger partial charge in [-0.3, -0.25) is 0 Å². The fourth-order valence-electron chi connectivity index (χ4n) is 2.13. The summed E-state index contributed by atoms with van der Waals surface area (Å²) in [6, 6.07) is 3.62. The van der Waals surface area contributed by atoms with Crippen LogP contribution in [0.25, 0.3) is 0 Å². The van der Waals surface area contributed by atoms with Crippen LogP contribution >= 0.6 is 0 Å². The summed E-state index contributed by atoms with van der Waals surface area (Å²) in [5.74, 6) is 0. The van der Waals surface area contributed by atoms with E-state index < -0.39 is 10.0 Å². The Morgan fingerprint density at radius 2 is 1.79 bits per heavy atom. The van der Waals surface area contributed by atoms with E-state index in [2.05, 4.69) is 0 Å². The fraction of sp³-hybridized carbons (Fsp3) is 0.571. The van der Waals surface area contributed by atoms with Crippen LogP contribution in [0.4, 0.5) is 5.69 Å². The average Bonchev–Trinajstić information content (AvgIpc) is 2.33. The van der Waals surface area contributed by atoms with Gasteiger partial charge in [-0.1, -0.05) is 25.5 Å². The summed E-state index contributed by atoms with van der Waals surface area (Å²) in [6.07, 6.45) is 1.78. The van der Waals surface area contributed by atoms with E-state index in [0.29, 0.717) is 11.3 Å². The highest BCUT2D eigenvalue weighted by Crippen LogP contribution is 2.29. The Morgan fingerprint density at radius 3 is 2.32 bits per heavy atom. The number of aryl methyl sites for hydroxylation is 2. The quantitative estimate of drug-likeness (QED) is 0.846. The predicted molar refractivity (Wildman–Crippen MR) is 79.6 cm³/mol. The van der Waals surface area contributed by atoms with Crippen molar-refractivity contribution in [2.45, 2.75) is 51.5 Å². The van der Waals surface area contributed by atoms with Crippen LogP contribution in [0.2, 0.25) is 0 Å². The smallest absolute Gasteiger partial charge is 0.245 e. The maximum absolute atomic E-state index is 12.7. The molecule has 4 nitrogen and oxygen atoms in total. The maximum Gasteiger partial charge on any atom is 0.245 e. The molecule has 1 aromatic carbocycles. The fourth-order valence-corrected chi connectivity index (χ4v) is 3.91. The van der Waals surface area contributed by atoms with Crippen molar-refractivity contribution < 1.29 is 8.42 Å². The van der Waals surface area contributed by atoms with Gasteiger partial charge in [-0.15, -0.1) is 0 Å². The van der Waals surface area contributed by atoms with Crippen molar-refractivity contribution in [3.05, 3.63) is 23.3 Å². The minimum atomic E-state index is -3.54. The molecule has 0 heterocycles. The van der Waals surface area contributed by atoms with Crippen LogP contribution in [-0.4, -0.2) is 25.8 Å². The second kappa shape index (κ2) is 5.92. The predicted octanol–water partition coefficient (Wildman–Crippen LogP) is 2.69. The Balaban J connectivity index is 3.32. The molecule has 0 saturated carbocycles. The summed E-state index contributed by atoms with van der Waals surface area (Å²) >= 11 is 0. The number of rotatable bonds is 5. The van der Waals surface area contributed by atoms with Gasteiger partial charge in [-0.25, -0.2) is 8.42 Å². The zero-order chi connectivity index (χ0) is 14.8.